The number of carbonyl (C=O) groups excluding carboxylic acids is 1. The van der Waals surface area contributed by atoms with Gasteiger partial charge in [0.1, 0.15) is 11.9 Å². The van der Waals surface area contributed by atoms with Crippen LogP contribution in [0.1, 0.15) is 60.6 Å². The third-order valence-corrected chi connectivity index (χ3v) is 6.72. The van der Waals surface area contributed by atoms with Crippen LogP contribution in [-0.4, -0.2) is 60.9 Å². The Morgan fingerprint density at radius 2 is 2.06 bits per heavy atom. The van der Waals surface area contributed by atoms with Crippen LogP contribution in [0.25, 0.3) is 11.3 Å². The molecule has 0 saturated carbocycles. The number of alkyl halides is 2. The molecule has 2 aromatic heterocycles. The first kappa shape index (κ1) is 23.4. The zero-order chi connectivity index (χ0) is 24.0. The van der Waals surface area contributed by atoms with Crippen molar-refractivity contribution >= 4 is 5.91 Å². The molecule has 2 saturated heterocycles. The lowest BCUT2D eigenvalue weighted by Gasteiger charge is -2.22. The van der Waals surface area contributed by atoms with Gasteiger partial charge in [-0.05, 0) is 18.3 Å². The Balaban J connectivity index is 1.46. The Kier molecular flexibility index (Phi) is 6.24. The summed E-state index contributed by atoms with van der Waals surface area (Å²) in [6.07, 6.45) is 2.84. The molecular weight excluding hydrogens is 448 g/mol. The van der Waals surface area contributed by atoms with Gasteiger partial charge in [0.15, 0.2) is 0 Å². The lowest BCUT2D eigenvalue weighted by Crippen LogP contribution is -2.33. The van der Waals surface area contributed by atoms with Crippen LogP contribution in [-0.2, 0) is 33.1 Å². The van der Waals surface area contributed by atoms with Crippen LogP contribution in [0.5, 0.6) is 0 Å². The third-order valence-electron chi connectivity index (χ3n) is 6.72. The Labute approximate surface area is 196 Å². The lowest BCUT2D eigenvalue weighted by molar-refractivity contribution is -0.0946. The molecule has 0 spiro atoms. The van der Waals surface area contributed by atoms with Crippen molar-refractivity contribution in [2.75, 3.05) is 33.0 Å². The van der Waals surface area contributed by atoms with Gasteiger partial charge in [0.25, 0.3) is 11.8 Å². The van der Waals surface area contributed by atoms with E-state index in [2.05, 4.69) is 17.3 Å². The molecule has 2 unspecified atom stereocenters. The van der Waals surface area contributed by atoms with Gasteiger partial charge in [-0.15, -0.1) is 0 Å². The molecule has 4 heterocycles. The van der Waals surface area contributed by atoms with Gasteiger partial charge in [-0.1, -0.05) is 13.8 Å². The van der Waals surface area contributed by atoms with Crippen molar-refractivity contribution in [3.63, 3.8) is 0 Å². The highest BCUT2D eigenvalue weighted by Gasteiger charge is 2.43. The Bertz CT molecular complexity index is 1050. The molecule has 10 heteroatoms. The van der Waals surface area contributed by atoms with E-state index in [0.29, 0.717) is 56.8 Å². The monoisotopic (exact) mass is 479 g/mol. The molecule has 2 fully saturated rings. The van der Waals surface area contributed by atoms with Crippen LogP contribution >= 0.6 is 0 Å². The molecule has 0 aromatic carbocycles. The Morgan fingerprint density at radius 1 is 1.24 bits per heavy atom. The fraction of sp³-hybridized carbons (Fsp3) is 0.667. The van der Waals surface area contributed by atoms with E-state index in [9.17, 15) is 13.6 Å². The highest BCUT2D eigenvalue weighted by atomic mass is 19.3. The van der Waals surface area contributed by atoms with Gasteiger partial charge in [-0.25, -0.2) is 8.78 Å². The van der Waals surface area contributed by atoms with E-state index in [0.717, 1.165) is 18.9 Å². The topological polar surface area (TPSA) is 87.8 Å². The molecule has 2 aliphatic heterocycles. The van der Waals surface area contributed by atoms with E-state index < -0.39 is 17.4 Å². The second-order valence-electron chi connectivity index (χ2n) is 9.83. The van der Waals surface area contributed by atoms with Crippen LogP contribution in [0.15, 0.2) is 10.6 Å². The average molecular weight is 480 g/mol. The number of aromatic nitrogens is 2. The average Bonchev–Trinajstić information content (AvgIpc) is 3.49. The molecule has 186 valence electrons. The summed E-state index contributed by atoms with van der Waals surface area (Å²) in [5.41, 5.74) is 1.13. The smallest absolute Gasteiger partial charge is 0.287 e. The number of nitrogens with zero attached hydrogens (tertiary/aromatic N) is 2. The lowest BCUT2D eigenvalue weighted by atomic mass is 9.85. The summed E-state index contributed by atoms with van der Waals surface area (Å²) in [6.45, 7) is 7.75. The third kappa shape index (κ3) is 4.50. The summed E-state index contributed by atoms with van der Waals surface area (Å²) < 4.78 is 54.2. The van der Waals surface area contributed by atoms with Crippen molar-refractivity contribution in [3.05, 3.63) is 28.8 Å². The molecule has 1 N–H and O–H groups in total. The molecule has 2 aromatic rings. The molecule has 34 heavy (non-hydrogen) atoms. The van der Waals surface area contributed by atoms with E-state index in [-0.39, 0.29) is 36.0 Å². The van der Waals surface area contributed by atoms with Crippen molar-refractivity contribution in [1.82, 2.24) is 15.1 Å². The SMILES string of the molecule is CC1COC(CNC(=O)c2oc3c(c2C(C)(F)F)-c2nn(C[C@H]4COCCO4)cc2[C@H](C)C3)C1. The highest BCUT2D eigenvalue weighted by Crippen LogP contribution is 2.48. The second-order valence-corrected chi connectivity index (χ2v) is 9.83. The number of carbonyl (C=O) groups is 1. The van der Waals surface area contributed by atoms with Gasteiger partial charge in [-0.3, -0.25) is 9.48 Å². The predicted octanol–water partition coefficient (Wildman–Crippen LogP) is 3.48. The number of ether oxygens (including phenoxy) is 3. The number of hydrogen-bond donors (Lipinski definition) is 1. The first-order valence-corrected chi connectivity index (χ1v) is 11.9. The van der Waals surface area contributed by atoms with Gasteiger partial charge in [0.05, 0.1) is 49.3 Å². The summed E-state index contributed by atoms with van der Waals surface area (Å²) in [7, 11) is 0. The van der Waals surface area contributed by atoms with Crippen LogP contribution < -0.4 is 5.32 Å². The maximum absolute atomic E-state index is 14.9. The zero-order valence-electron chi connectivity index (χ0n) is 19.7. The first-order chi connectivity index (χ1) is 16.2. The molecule has 5 rings (SSSR count). The molecule has 4 atom stereocenters. The summed E-state index contributed by atoms with van der Waals surface area (Å²) >= 11 is 0. The fourth-order valence-corrected chi connectivity index (χ4v) is 5.09. The minimum absolute atomic E-state index is 0.00791. The van der Waals surface area contributed by atoms with Crippen molar-refractivity contribution in [2.24, 2.45) is 5.92 Å². The van der Waals surface area contributed by atoms with Gasteiger partial charge < -0.3 is 23.9 Å². The summed E-state index contributed by atoms with van der Waals surface area (Å²) in [5.74, 6) is -3.50. The molecule has 1 aliphatic carbocycles. The van der Waals surface area contributed by atoms with E-state index >= 15 is 0 Å². The van der Waals surface area contributed by atoms with Crippen molar-refractivity contribution in [3.8, 4) is 11.3 Å². The Hall–Kier alpha value is -2.30. The molecular formula is C24H31F2N3O5. The molecule has 8 nitrogen and oxygen atoms in total. The van der Waals surface area contributed by atoms with E-state index in [1.54, 1.807) is 4.68 Å². The van der Waals surface area contributed by atoms with Crippen LogP contribution in [0.3, 0.4) is 0 Å². The normalized spacial score (nSPS) is 26.9. The quantitative estimate of drug-likeness (QED) is 0.683. The van der Waals surface area contributed by atoms with Gasteiger partial charge in [-0.2, -0.15) is 5.10 Å². The second kappa shape index (κ2) is 9.05. The summed E-state index contributed by atoms with van der Waals surface area (Å²) in [6, 6.07) is 0. The van der Waals surface area contributed by atoms with E-state index in [4.69, 9.17) is 18.6 Å². The number of hydrogen-bond acceptors (Lipinski definition) is 6. The number of fused-ring (bicyclic) bond motifs is 3. The van der Waals surface area contributed by atoms with Gasteiger partial charge >= 0.3 is 0 Å². The van der Waals surface area contributed by atoms with Gasteiger partial charge in [0, 0.05) is 38.3 Å². The van der Waals surface area contributed by atoms with Crippen molar-refractivity contribution < 1.29 is 32.2 Å². The number of nitrogens with one attached hydrogen (secondary N) is 1. The molecule has 3 aliphatic rings. The van der Waals surface area contributed by atoms with Crippen LogP contribution in [0.2, 0.25) is 0 Å². The summed E-state index contributed by atoms with van der Waals surface area (Å²) in [4.78, 5) is 13.0. The number of halogens is 2. The maximum atomic E-state index is 14.9. The molecule has 0 radical (unpaired) electrons. The largest absolute Gasteiger partial charge is 0.455 e. The maximum Gasteiger partial charge on any atom is 0.287 e. The minimum Gasteiger partial charge on any atom is -0.455 e. The molecule has 1 amide bonds. The van der Waals surface area contributed by atoms with Gasteiger partial charge in [0.2, 0.25) is 5.76 Å². The van der Waals surface area contributed by atoms with E-state index in [1.807, 2.05) is 13.1 Å². The predicted molar refractivity (Wildman–Crippen MR) is 118 cm³/mol. The number of rotatable bonds is 6. The zero-order valence-corrected chi connectivity index (χ0v) is 19.7. The van der Waals surface area contributed by atoms with E-state index in [1.165, 1.54) is 0 Å². The Morgan fingerprint density at radius 3 is 2.74 bits per heavy atom. The molecule has 0 bridgehead atoms. The fourth-order valence-electron chi connectivity index (χ4n) is 5.09. The van der Waals surface area contributed by atoms with Crippen molar-refractivity contribution in [1.29, 1.82) is 0 Å². The van der Waals surface area contributed by atoms with Crippen LogP contribution in [0, 0.1) is 5.92 Å². The standard InChI is InChI=1S/C24H31F2N3O5/c1-13-6-15(33-11-13)8-27-23(30)22-20(24(3,25)26)19-18(34-22)7-14(2)17-10-29(28-21(17)19)9-16-12-31-4-5-32-16/h10,13-16H,4-9,11-12H2,1-3H3,(H,27,30)/t13?,14-,15?,16+/m1/s1. The highest BCUT2D eigenvalue weighted by molar-refractivity contribution is 5.96. The van der Waals surface area contributed by atoms with Crippen LogP contribution in [0.4, 0.5) is 8.78 Å². The number of amides is 1. The van der Waals surface area contributed by atoms with Crippen molar-refractivity contribution in [2.45, 2.75) is 64.2 Å². The first-order valence-electron chi connectivity index (χ1n) is 11.9. The number of furan rings is 1. The summed E-state index contributed by atoms with van der Waals surface area (Å²) in [5, 5.41) is 7.37. The minimum atomic E-state index is -3.29.